The summed E-state index contributed by atoms with van der Waals surface area (Å²) in [5.41, 5.74) is 6.22. The third-order valence-corrected chi connectivity index (χ3v) is 3.35. The zero-order valence-electron chi connectivity index (χ0n) is 10.3. The number of carbonyl (C=O) groups excluding carboxylic acids is 1. The molecule has 0 aromatic heterocycles. The number of rotatable bonds is 4. The van der Waals surface area contributed by atoms with Gasteiger partial charge in [-0.2, -0.15) is 0 Å². The van der Waals surface area contributed by atoms with Gasteiger partial charge in [-0.3, -0.25) is 4.79 Å². The van der Waals surface area contributed by atoms with Crippen LogP contribution in [-0.2, 0) is 6.54 Å². The molecule has 0 radical (unpaired) electrons. The second-order valence-corrected chi connectivity index (χ2v) is 5.01. The van der Waals surface area contributed by atoms with Gasteiger partial charge >= 0.3 is 0 Å². The largest absolute Gasteiger partial charge is 0.381 e. The average Bonchev–Trinajstić information content (AvgIpc) is 2.41. The molecule has 0 atom stereocenters. The van der Waals surface area contributed by atoms with Crippen molar-refractivity contribution in [1.29, 1.82) is 0 Å². The Morgan fingerprint density at radius 2 is 1.90 bits per heavy atom. The van der Waals surface area contributed by atoms with Crippen molar-refractivity contribution in [2.45, 2.75) is 6.54 Å². The third-order valence-electron chi connectivity index (χ3n) is 2.74. The highest BCUT2D eigenvalue weighted by atomic mass is 79.9. The topological polar surface area (TPSA) is 55.1 Å². The van der Waals surface area contributed by atoms with Crippen molar-refractivity contribution < 1.29 is 13.6 Å². The van der Waals surface area contributed by atoms with Crippen molar-refractivity contribution in [3.8, 4) is 0 Å². The van der Waals surface area contributed by atoms with Crippen molar-refractivity contribution in [2.24, 2.45) is 5.73 Å². The highest BCUT2D eigenvalue weighted by Gasteiger charge is 2.07. The van der Waals surface area contributed by atoms with E-state index in [9.17, 15) is 13.6 Å². The van der Waals surface area contributed by atoms with Crippen LogP contribution in [-0.4, -0.2) is 5.91 Å². The predicted molar refractivity (Wildman–Crippen MR) is 76.3 cm³/mol. The second kappa shape index (κ2) is 6.00. The molecular formula is C14H11BrF2N2O. The summed E-state index contributed by atoms with van der Waals surface area (Å²) < 4.78 is 27.1. The Kier molecular flexibility index (Phi) is 4.34. The second-order valence-electron chi connectivity index (χ2n) is 4.15. The van der Waals surface area contributed by atoms with Crippen LogP contribution in [0.2, 0.25) is 0 Å². The molecule has 104 valence electrons. The van der Waals surface area contributed by atoms with E-state index in [0.717, 1.165) is 6.07 Å². The maximum Gasteiger partial charge on any atom is 0.248 e. The Morgan fingerprint density at radius 1 is 1.15 bits per heavy atom. The highest BCUT2D eigenvalue weighted by Crippen LogP contribution is 2.21. The Labute approximate surface area is 122 Å². The first kappa shape index (κ1) is 14.5. The first-order valence-corrected chi connectivity index (χ1v) is 6.54. The predicted octanol–water partition coefficient (Wildman–Crippen LogP) is 3.44. The molecule has 0 bridgehead atoms. The van der Waals surface area contributed by atoms with Crippen molar-refractivity contribution >= 4 is 27.5 Å². The van der Waals surface area contributed by atoms with Crippen molar-refractivity contribution in [2.75, 3.05) is 5.32 Å². The maximum absolute atomic E-state index is 13.7. The van der Waals surface area contributed by atoms with Crippen LogP contribution < -0.4 is 11.1 Å². The summed E-state index contributed by atoms with van der Waals surface area (Å²) in [4.78, 5) is 10.9. The van der Waals surface area contributed by atoms with Crippen LogP contribution in [0.5, 0.6) is 0 Å². The van der Waals surface area contributed by atoms with E-state index in [-0.39, 0.29) is 17.9 Å². The summed E-state index contributed by atoms with van der Waals surface area (Å²) in [6, 6.07) is 8.46. The van der Waals surface area contributed by atoms with Crippen LogP contribution in [0.3, 0.4) is 0 Å². The molecule has 0 aliphatic carbocycles. The molecule has 3 nitrogen and oxygen atoms in total. The van der Waals surface area contributed by atoms with Crippen molar-refractivity contribution in [3.05, 3.63) is 63.6 Å². The number of nitrogens with two attached hydrogens (primary N) is 1. The average molecular weight is 341 g/mol. The molecule has 2 aromatic rings. The van der Waals surface area contributed by atoms with E-state index in [1.165, 1.54) is 18.2 Å². The van der Waals surface area contributed by atoms with E-state index in [1.54, 1.807) is 12.1 Å². The fraction of sp³-hybridized carbons (Fsp3) is 0.0714. The summed E-state index contributed by atoms with van der Waals surface area (Å²) in [6.45, 7) is 0.211. The molecule has 0 aliphatic rings. The Bertz CT molecular complexity index is 662. The minimum absolute atomic E-state index is 0.121. The summed E-state index contributed by atoms with van der Waals surface area (Å²) in [5, 5.41) is 2.97. The Balaban J connectivity index is 2.10. The van der Waals surface area contributed by atoms with Gasteiger partial charge in [0.15, 0.2) is 0 Å². The number of primary amides is 1. The van der Waals surface area contributed by atoms with Crippen LogP contribution in [0, 0.1) is 11.6 Å². The van der Waals surface area contributed by atoms with Crippen LogP contribution in [0.1, 0.15) is 15.9 Å². The molecule has 2 rings (SSSR count). The van der Waals surface area contributed by atoms with E-state index in [4.69, 9.17) is 5.73 Å². The molecular weight excluding hydrogens is 330 g/mol. The van der Waals surface area contributed by atoms with E-state index in [0.29, 0.717) is 15.7 Å². The Morgan fingerprint density at radius 3 is 2.50 bits per heavy atom. The fourth-order valence-electron chi connectivity index (χ4n) is 1.65. The molecule has 0 fully saturated rings. The quantitative estimate of drug-likeness (QED) is 0.895. The number of hydrogen-bond acceptors (Lipinski definition) is 2. The minimum atomic E-state index is -0.675. The number of benzene rings is 2. The maximum atomic E-state index is 13.7. The normalized spacial score (nSPS) is 10.3. The van der Waals surface area contributed by atoms with Crippen LogP contribution in [0.4, 0.5) is 14.5 Å². The smallest absolute Gasteiger partial charge is 0.248 e. The molecule has 3 N–H and O–H groups in total. The van der Waals surface area contributed by atoms with Gasteiger partial charge in [0.2, 0.25) is 5.91 Å². The lowest BCUT2D eigenvalue weighted by molar-refractivity contribution is 0.1000. The number of anilines is 1. The van der Waals surface area contributed by atoms with E-state index in [1.807, 2.05) is 0 Å². The van der Waals surface area contributed by atoms with E-state index >= 15 is 0 Å². The zero-order valence-corrected chi connectivity index (χ0v) is 11.9. The summed E-state index contributed by atoms with van der Waals surface area (Å²) in [7, 11) is 0. The lowest BCUT2D eigenvalue weighted by Gasteiger charge is -2.09. The van der Waals surface area contributed by atoms with Gasteiger partial charge in [0.1, 0.15) is 11.6 Å². The molecule has 0 spiro atoms. The molecule has 0 aliphatic heterocycles. The van der Waals surface area contributed by atoms with Crippen LogP contribution >= 0.6 is 15.9 Å². The minimum Gasteiger partial charge on any atom is -0.381 e. The third kappa shape index (κ3) is 3.33. The van der Waals surface area contributed by atoms with Gasteiger partial charge in [-0.15, -0.1) is 0 Å². The van der Waals surface area contributed by atoms with Crippen LogP contribution in [0.25, 0.3) is 0 Å². The summed E-state index contributed by atoms with van der Waals surface area (Å²) in [5.74, 6) is -1.56. The SMILES string of the molecule is NC(=O)c1ccc(CNc2ccc(F)c(Br)c2)c(F)c1. The van der Waals surface area contributed by atoms with Crippen molar-refractivity contribution in [3.63, 3.8) is 0 Å². The fourth-order valence-corrected chi connectivity index (χ4v) is 2.03. The molecule has 0 saturated heterocycles. The number of nitrogens with one attached hydrogen (secondary N) is 1. The Hall–Kier alpha value is -1.95. The standard InChI is InChI=1S/C14H11BrF2N2O/c15-11-6-10(3-4-12(11)16)19-7-9-2-1-8(14(18)20)5-13(9)17/h1-6,19H,7H2,(H2,18,20). The summed E-state index contributed by atoms with van der Waals surface area (Å²) in [6.07, 6.45) is 0. The molecule has 0 heterocycles. The molecule has 0 saturated carbocycles. The molecule has 2 aromatic carbocycles. The van der Waals surface area contributed by atoms with E-state index in [2.05, 4.69) is 21.2 Å². The van der Waals surface area contributed by atoms with Gasteiger partial charge in [0, 0.05) is 23.4 Å². The molecule has 6 heteroatoms. The number of amides is 1. The van der Waals surface area contributed by atoms with Gasteiger partial charge in [0.05, 0.1) is 4.47 Å². The lowest BCUT2D eigenvalue weighted by atomic mass is 10.1. The molecule has 1 amide bonds. The van der Waals surface area contributed by atoms with Gasteiger partial charge in [-0.25, -0.2) is 8.78 Å². The molecule has 0 unspecified atom stereocenters. The highest BCUT2D eigenvalue weighted by molar-refractivity contribution is 9.10. The van der Waals surface area contributed by atoms with Gasteiger partial charge in [-0.1, -0.05) is 6.07 Å². The zero-order chi connectivity index (χ0) is 14.7. The van der Waals surface area contributed by atoms with Gasteiger partial charge < -0.3 is 11.1 Å². The van der Waals surface area contributed by atoms with E-state index < -0.39 is 11.7 Å². The van der Waals surface area contributed by atoms with Crippen LogP contribution in [0.15, 0.2) is 40.9 Å². The number of hydrogen-bond donors (Lipinski definition) is 2. The number of halogens is 3. The van der Waals surface area contributed by atoms with Gasteiger partial charge in [-0.05, 0) is 46.3 Å². The summed E-state index contributed by atoms with van der Waals surface area (Å²) >= 11 is 3.07. The first-order chi connectivity index (χ1) is 9.47. The number of carbonyl (C=O) groups is 1. The van der Waals surface area contributed by atoms with Crippen molar-refractivity contribution in [1.82, 2.24) is 0 Å². The first-order valence-electron chi connectivity index (χ1n) is 5.74. The lowest BCUT2D eigenvalue weighted by Crippen LogP contribution is -2.12. The molecule has 20 heavy (non-hydrogen) atoms. The monoisotopic (exact) mass is 340 g/mol. The van der Waals surface area contributed by atoms with Gasteiger partial charge in [0.25, 0.3) is 0 Å².